The van der Waals surface area contributed by atoms with E-state index in [1.807, 2.05) is 12.1 Å². The van der Waals surface area contributed by atoms with E-state index in [9.17, 15) is 4.79 Å². The Hall–Kier alpha value is -1.55. The van der Waals surface area contributed by atoms with Crippen molar-refractivity contribution in [3.05, 3.63) is 29.8 Å². The van der Waals surface area contributed by atoms with E-state index in [1.165, 1.54) is 5.69 Å². The van der Waals surface area contributed by atoms with Gasteiger partial charge in [-0.3, -0.25) is 9.69 Å². The molecule has 1 saturated heterocycles. The van der Waals surface area contributed by atoms with Crippen LogP contribution >= 0.6 is 0 Å². The molecule has 18 heavy (non-hydrogen) atoms. The van der Waals surface area contributed by atoms with Gasteiger partial charge in [0.25, 0.3) is 0 Å². The van der Waals surface area contributed by atoms with Gasteiger partial charge in [0, 0.05) is 43.5 Å². The monoisotopic (exact) mass is 247 g/mol. The van der Waals surface area contributed by atoms with Crippen molar-refractivity contribution in [1.82, 2.24) is 4.90 Å². The van der Waals surface area contributed by atoms with Gasteiger partial charge in [-0.25, -0.2) is 0 Å². The maximum absolute atomic E-state index is 11.0. The lowest BCUT2D eigenvalue weighted by Gasteiger charge is -2.38. The molecular formula is C14H21N3O. The average Bonchev–Trinajstić information content (AvgIpc) is 2.39. The zero-order chi connectivity index (χ0) is 13.1. The number of primary amides is 1. The largest absolute Gasteiger partial charge is 0.369 e. The molecule has 1 heterocycles. The first kappa shape index (κ1) is 12.9. The van der Waals surface area contributed by atoms with Crippen LogP contribution in [0.2, 0.25) is 0 Å². The Morgan fingerprint density at radius 3 is 2.11 bits per heavy atom. The second-order valence-corrected chi connectivity index (χ2v) is 5.03. The fourth-order valence-electron chi connectivity index (χ4n) is 2.33. The molecular weight excluding hydrogens is 226 g/mol. The van der Waals surface area contributed by atoms with Crippen LogP contribution in [0.5, 0.6) is 0 Å². The van der Waals surface area contributed by atoms with E-state index in [-0.39, 0.29) is 5.91 Å². The molecule has 1 fully saturated rings. The number of benzene rings is 1. The van der Waals surface area contributed by atoms with Gasteiger partial charge in [0.15, 0.2) is 0 Å². The topological polar surface area (TPSA) is 49.6 Å². The molecule has 0 bridgehead atoms. The highest BCUT2D eigenvalue weighted by molar-refractivity contribution is 5.93. The molecule has 1 aliphatic heterocycles. The van der Waals surface area contributed by atoms with Gasteiger partial charge in [-0.15, -0.1) is 0 Å². The van der Waals surface area contributed by atoms with Crippen molar-refractivity contribution >= 4 is 11.6 Å². The van der Waals surface area contributed by atoms with Crippen molar-refractivity contribution in [3.63, 3.8) is 0 Å². The van der Waals surface area contributed by atoms with Gasteiger partial charge in [-0.05, 0) is 38.1 Å². The molecule has 0 spiro atoms. The first-order valence-corrected chi connectivity index (χ1v) is 6.47. The van der Waals surface area contributed by atoms with Gasteiger partial charge in [0.05, 0.1) is 0 Å². The fraction of sp³-hybridized carbons (Fsp3) is 0.500. The third-order valence-corrected chi connectivity index (χ3v) is 3.56. The number of rotatable bonds is 3. The minimum atomic E-state index is -0.369. The third kappa shape index (κ3) is 2.82. The summed E-state index contributed by atoms with van der Waals surface area (Å²) in [6.45, 7) is 8.72. The molecule has 1 aliphatic rings. The minimum Gasteiger partial charge on any atom is -0.369 e. The van der Waals surface area contributed by atoms with Gasteiger partial charge in [0.2, 0.25) is 5.91 Å². The number of carbonyl (C=O) groups excluding carboxylic acids is 1. The van der Waals surface area contributed by atoms with Crippen LogP contribution in [-0.4, -0.2) is 43.0 Å². The van der Waals surface area contributed by atoms with Gasteiger partial charge < -0.3 is 10.6 Å². The molecule has 0 aromatic heterocycles. The van der Waals surface area contributed by atoms with E-state index in [1.54, 1.807) is 12.1 Å². The molecule has 2 N–H and O–H groups in total. The van der Waals surface area contributed by atoms with Crippen LogP contribution in [-0.2, 0) is 0 Å². The Balaban J connectivity index is 1.99. The summed E-state index contributed by atoms with van der Waals surface area (Å²) in [6.07, 6.45) is 0. The Bertz CT molecular complexity index is 406. The summed E-state index contributed by atoms with van der Waals surface area (Å²) in [6, 6.07) is 8.17. The summed E-state index contributed by atoms with van der Waals surface area (Å²) in [5, 5.41) is 0. The maximum atomic E-state index is 11.0. The summed E-state index contributed by atoms with van der Waals surface area (Å²) in [5.74, 6) is -0.369. The Labute approximate surface area is 108 Å². The maximum Gasteiger partial charge on any atom is 0.248 e. The number of nitrogens with zero attached hydrogens (tertiary/aromatic N) is 2. The highest BCUT2D eigenvalue weighted by Crippen LogP contribution is 2.17. The van der Waals surface area contributed by atoms with E-state index in [0.29, 0.717) is 11.6 Å². The van der Waals surface area contributed by atoms with E-state index >= 15 is 0 Å². The first-order valence-electron chi connectivity index (χ1n) is 6.47. The van der Waals surface area contributed by atoms with E-state index in [2.05, 4.69) is 23.6 Å². The highest BCUT2D eigenvalue weighted by atomic mass is 16.1. The molecule has 4 heteroatoms. The molecule has 2 rings (SSSR count). The number of piperazine rings is 1. The van der Waals surface area contributed by atoms with Crippen LogP contribution < -0.4 is 10.6 Å². The molecule has 0 atom stereocenters. The van der Waals surface area contributed by atoms with Crippen molar-refractivity contribution in [1.29, 1.82) is 0 Å². The molecule has 0 radical (unpaired) electrons. The number of hydrogen-bond donors (Lipinski definition) is 1. The third-order valence-electron chi connectivity index (χ3n) is 3.56. The number of anilines is 1. The Kier molecular flexibility index (Phi) is 3.87. The number of carbonyl (C=O) groups is 1. The molecule has 0 aliphatic carbocycles. The molecule has 98 valence electrons. The lowest BCUT2D eigenvalue weighted by Crippen LogP contribution is -2.48. The summed E-state index contributed by atoms with van der Waals surface area (Å²) in [4.78, 5) is 15.8. The molecule has 1 aromatic carbocycles. The van der Waals surface area contributed by atoms with Crippen LogP contribution in [0.25, 0.3) is 0 Å². The molecule has 4 nitrogen and oxygen atoms in total. The van der Waals surface area contributed by atoms with Crippen molar-refractivity contribution in [2.24, 2.45) is 5.73 Å². The number of hydrogen-bond acceptors (Lipinski definition) is 3. The Morgan fingerprint density at radius 1 is 1.11 bits per heavy atom. The summed E-state index contributed by atoms with van der Waals surface area (Å²) in [7, 11) is 0. The minimum absolute atomic E-state index is 0.369. The molecule has 0 saturated carbocycles. The predicted octanol–water partition coefficient (Wildman–Crippen LogP) is 1.32. The normalized spacial score (nSPS) is 17.2. The Morgan fingerprint density at radius 2 is 1.67 bits per heavy atom. The summed E-state index contributed by atoms with van der Waals surface area (Å²) >= 11 is 0. The fourth-order valence-corrected chi connectivity index (χ4v) is 2.33. The highest BCUT2D eigenvalue weighted by Gasteiger charge is 2.18. The second kappa shape index (κ2) is 5.40. The quantitative estimate of drug-likeness (QED) is 0.876. The van der Waals surface area contributed by atoms with Crippen LogP contribution in [0, 0.1) is 0 Å². The van der Waals surface area contributed by atoms with Gasteiger partial charge in [-0.1, -0.05) is 0 Å². The van der Waals surface area contributed by atoms with Gasteiger partial charge in [0.1, 0.15) is 0 Å². The zero-order valence-electron chi connectivity index (χ0n) is 11.1. The van der Waals surface area contributed by atoms with Crippen molar-refractivity contribution in [2.75, 3.05) is 31.1 Å². The number of nitrogens with two attached hydrogens (primary N) is 1. The van der Waals surface area contributed by atoms with E-state index < -0.39 is 0 Å². The predicted molar refractivity (Wildman–Crippen MR) is 73.9 cm³/mol. The zero-order valence-corrected chi connectivity index (χ0v) is 11.1. The van der Waals surface area contributed by atoms with E-state index in [4.69, 9.17) is 5.73 Å². The summed E-state index contributed by atoms with van der Waals surface area (Å²) < 4.78 is 0. The molecule has 1 aromatic rings. The average molecular weight is 247 g/mol. The van der Waals surface area contributed by atoms with Crippen molar-refractivity contribution < 1.29 is 4.79 Å². The van der Waals surface area contributed by atoms with Crippen LogP contribution in [0.1, 0.15) is 24.2 Å². The van der Waals surface area contributed by atoms with E-state index in [0.717, 1.165) is 26.2 Å². The van der Waals surface area contributed by atoms with Crippen molar-refractivity contribution in [2.45, 2.75) is 19.9 Å². The van der Waals surface area contributed by atoms with Crippen LogP contribution in [0.15, 0.2) is 24.3 Å². The SMILES string of the molecule is CC(C)N1CCN(c2ccc(C(N)=O)cc2)CC1. The lowest BCUT2D eigenvalue weighted by molar-refractivity contribution is 0.100. The smallest absolute Gasteiger partial charge is 0.248 e. The van der Waals surface area contributed by atoms with Gasteiger partial charge in [-0.2, -0.15) is 0 Å². The molecule has 0 unspecified atom stereocenters. The first-order chi connectivity index (χ1) is 8.58. The second-order valence-electron chi connectivity index (χ2n) is 5.03. The van der Waals surface area contributed by atoms with Crippen molar-refractivity contribution in [3.8, 4) is 0 Å². The molecule has 1 amide bonds. The summed E-state index contributed by atoms with van der Waals surface area (Å²) in [5.41, 5.74) is 6.97. The van der Waals surface area contributed by atoms with Crippen LogP contribution in [0.4, 0.5) is 5.69 Å². The van der Waals surface area contributed by atoms with Crippen LogP contribution in [0.3, 0.4) is 0 Å². The van der Waals surface area contributed by atoms with Gasteiger partial charge >= 0.3 is 0 Å². The standard InChI is InChI=1S/C14H21N3O/c1-11(2)16-7-9-17(10-8-16)13-5-3-12(4-6-13)14(15)18/h3-6,11H,7-10H2,1-2H3,(H2,15,18). The lowest BCUT2D eigenvalue weighted by atomic mass is 10.1. The number of amides is 1.